The van der Waals surface area contributed by atoms with E-state index in [1.165, 1.54) is 23.6 Å². The number of hydrogen-bond acceptors (Lipinski definition) is 3. The van der Waals surface area contributed by atoms with Gasteiger partial charge in [-0.25, -0.2) is 8.42 Å². The topological polar surface area (TPSA) is 66.5 Å². The van der Waals surface area contributed by atoms with Gasteiger partial charge in [0, 0.05) is 6.04 Å². The molecular weight excluding hydrogens is 336 g/mol. The van der Waals surface area contributed by atoms with Crippen molar-refractivity contribution in [2.45, 2.75) is 51.5 Å². The highest BCUT2D eigenvalue weighted by Crippen LogP contribution is 2.44. The number of carbonyl (C=O) groups is 1. The average molecular weight is 365 g/mol. The van der Waals surface area contributed by atoms with Gasteiger partial charge >= 0.3 is 0 Å². The van der Waals surface area contributed by atoms with Crippen LogP contribution in [0.3, 0.4) is 0 Å². The number of carbonyl (C=O) groups excluding carboxylic acids is 1. The van der Waals surface area contributed by atoms with Crippen LogP contribution in [-0.2, 0) is 14.8 Å². The first-order valence-corrected chi connectivity index (χ1v) is 11.0. The van der Waals surface area contributed by atoms with Crippen LogP contribution >= 0.6 is 0 Å². The van der Waals surface area contributed by atoms with Crippen LogP contribution in [0.4, 0.5) is 5.69 Å². The Balaban J connectivity index is 1.69. The zero-order chi connectivity index (χ0) is 18.2. The van der Waals surface area contributed by atoms with Crippen molar-refractivity contribution in [1.29, 1.82) is 0 Å². The number of rotatable bonds is 6. The average Bonchev–Trinajstić information content (AvgIpc) is 3.14. The molecule has 3 rings (SSSR count). The van der Waals surface area contributed by atoms with E-state index in [1.54, 1.807) is 12.1 Å². The summed E-state index contributed by atoms with van der Waals surface area (Å²) in [5, 5.41) is 3.07. The minimum atomic E-state index is -3.52. The third-order valence-corrected chi connectivity index (χ3v) is 6.76. The van der Waals surface area contributed by atoms with E-state index >= 15 is 0 Å². The van der Waals surface area contributed by atoms with Gasteiger partial charge < -0.3 is 5.32 Å². The van der Waals surface area contributed by atoms with E-state index in [0.717, 1.165) is 24.2 Å². The number of amides is 1. The van der Waals surface area contributed by atoms with Gasteiger partial charge in [-0.3, -0.25) is 9.10 Å². The molecule has 2 aliphatic carbocycles. The van der Waals surface area contributed by atoms with Gasteiger partial charge in [0.15, 0.2) is 0 Å². The summed E-state index contributed by atoms with van der Waals surface area (Å²) in [6, 6.07) is 7.62. The number of nitrogens with one attached hydrogen (secondary N) is 1. The number of anilines is 1. The Bertz CT molecular complexity index is 728. The third-order valence-electron chi connectivity index (χ3n) is 5.62. The fraction of sp³-hybridized carbons (Fsp3) is 0.632. The molecule has 2 fully saturated rings. The van der Waals surface area contributed by atoms with Crippen LogP contribution in [0.2, 0.25) is 0 Å². The Morgan fingerprint density at radius 2 is 1.88 bits per heavy atom. The molecule has 2 aliphatic rings. The van der Waals surface area contributed by atoms with Crippen molar-refractivity contribution in [1.82, 2.24) is 5.32 Å². The summed E-state index contributed by atoms with van der Waals surface area (Å²) >= 11 is 0. The molecule has 1 amide bonds. The summed E-state index contributed by atoms with van der Waals surface area (Å²) in [6.45, 7) is 4.02. The molecule has 1 N–H and O–H groups in total. The SMILES string of the molecule is CC(C)c1ccc(N(CC(=O)N[C@@H]2C[C@H]3CC[C@@H]2C3)S(C)(=O)=O)cc1. The molecule has 5 nitrogen and oxygen atoms in total. The van der Waals surface area contributed by atoms with E-state index in [4.69, 9.17) is 0 Å². The molecule has 2 saturated carbocycles. The van der Waals surface area contributed by atoms with Crippen molar-refractivity contribution >= 4 is 21.6 Å². The molecule has 6 heteroatoms. The summed E-state index contributed by atoms with van der Waals surface area (Å²) in [5.74, 6) is 1.48. The predicted molar refractivity (Wildman–Crippen MR) is 100 cm³/mol. The molecule has 3 atom stereocenters. The van der Waals surface area contributed by atoms with Gasteiger partial charge in [0.2, 0.25) is 15.9 Å². The van der Waals surface area contributed by atoms with Gasteiger partial charge in [-0.15, -0.1) is 0 Å². The minimum Gasteiger partial charge on any atom is -0.352 e. The summed E-state index contributed by atoms with van der Waals surface area (Å²) in [4.78, 5) is 12.5. The summed E-state index contributed by atoms with van der Waals surface area (Å²) in [6.07, 6.45) is 5.85. The van der Waals surface area contributed by atoms with Gasteiger partial charge in [-0.2, -0.15) is 0 Å². The normalized spacial score (nSPS) is 25.4. The van der Waals surface area contributed by atoms with Crippen LogP contribution in [0.25, 0.3) is 0 Å². The number of sulfonamides is 1. The molecule has 1 aromatic carbocycles. The van der Waals surface area contributed by atoms with Gasteiger partial charge in [-0.05, 0) is 54.7 Å². The van der Waals surface area contributed by atoms with E-state index in [2.05, 4.69) is 19.2 Å². The van der Waals surface area contributed by atoms with E-state index in [0.29, 0.717) is 17.5 Å². The Kier molecular flexibility index (Phi) is 5.09. The molecule has 138 valence electrons. The first-order chi connectivity index (χ1) is 11.7. The highest BCUT2D eigenvalue weighted by atomic mass is 32.2. The lowest BCUT2D eigenvalue weighted by molar-refractivity contribution is -0.120. The van der Waals surface area contributed by atoms with Gasteiger partial charge in [0.05, 0.1) is 11.9 Å². The lowest BCUT2D eigenvalue weighted by atomic mass is 9.95. The Labute approximate surface area is 150 Å². The quantitative estimate of drug-likeness (QED) is 0.844. The van der Waals surface area contributed by atoms with E-state index in [9.17, 15) is 13.2 Å². The van der Waals surface area contributed by atoms with Gasteiger partial charge in [-0.1, -0.05) is 32.4 Å². The van der Waals surface area contributed by atoms with E-state index in [-0.39, 0.29) is 18.5 Å². The van der Waals surface area contributed by atoms with Crippen molar-refractivity contribution < 1.29 is 13.2 Å². The highest BCUT2D eigenvalue weighted by molar-refractivity contribution is 7.92. The molecule has 0 aromatic heterocycles. The molecule has 2 bridgehead atoms. The highest BCUT2D eigenvalue weighted by Gasteiger charge is 2.40. The van der Waals surface area contributed by atoms with Gasteiger partial charge in [0.1, 0.15) is 6.54 Å². The van der Waals surface area contributed by atoms with Gasteiger partial charge in [0.25, 0.3) is 0 Å². The molecule has 1 aromatic rings. The van der Waals surface area contributed by atoms with Crippen LogP contribution < -0.4 is 9.62 Å². The standard InChI is InChI=1S/C19H28N2O3S/c1-13(2)15-6-8-17(9-7-15)21(25(3,23)24)12-19(22)20-18-11-14-4-5-16(18)10-14/h6-9,13-14,16,18H,4-5,10-12H2,1-3H3,(H,20,22)/t14-,16+,18+/m0/s1. The minimum absolute atomic E-state index is 0.159. The van der Waals surface area contributed by atoms with Crippen molar-refractivity contribution in [2.24, 2.45) is 11.8 Å². The summed E-state index contributed by atoms with van der Waals surface area (Å²) in [7, 11) is -3.52. The Morgan fingerprint density at radius 1 is 1.20 bits per heavy atom. The number of nitrogens with zero attached hydrogens (tertiary/aromatic N) is 1. The maximum Gasteiger partial charge on any atom is 0.241 e. The predicted octanol–water partition coefficient (Wildman–Crippen LogP) is 2.88. The fourth-order valence-electron chi connectivity index (χ4n) is 4.23. The van der Waals surface area contributed by atoms with E-state index in [1.807, 2.05) is 12.1 Å². The van der Waals surface area contributed by atoms with Crippen molar-refractivity contribution in [3.8, 4) is 0 Å². The van der Waals surface area contributed by atoms with Crippen molar-refractivity contribution in [3.05, 3.63) is 29.8 Å². The second kappa shape index (κ2) is 6.98. The Hall–Kier alpha value is -1.56. The third kappa shape index (κ3) is 4.17. The monoisotopic (exact) mass is 364 g/mol. The van der Waals surface area contributed by atoms with Crippen LogP contribution in [0, 0.1) is 11.8 Å². The molecule has 0 radical (unpaired) electrons. The van der Waals surface area contributed by atoms with Crippen molar-refractivity contribution in [3.63, 3.8) is 0 Å². The zero-order valence-corrected chi connectivity index (χ0v) is 16.1. The van der Waals surface area contributed by atoms with E-state index < -0.39 is 10.0 Å². The van der Waals surface area contributed by atoms with Crippen LogP contribution in [0.15, 0.2) is 24.3 Å². The molecule has 0 unspecified atom stereocenters. The second-order valence-corrected chi connectivity index (χ2v) is 9.77. The zero-order valence-electron chi connectivity index (χ0n) is 15.2. The van der Waals surface area contributed by atoms with Crippen LogP contribution in [0.1, 0.15) is 51.0 Å². The number of hydrogen-bond donors (Lipinski definition) is 1. The lowest BCUT2D eigenvalue weighted by Gasteiger charge is -2.26. The molecule has 25 heavy (non-hydrogen) atoms. The number of benzene rings is 1. The Morgan fingerprint density at radius 3 is 2.36 bits per heavy atom. The van der Waals surface area contributed by atoms with Crippen LogP contribution in [-0.4, -0.2) is 33.2 Å². The summed E-state index contributed by atoms with van der Waals surface area (Å²) < 4.78 is 25.6. The lowest BCUT2D eigenvalue weighted by Crippen LogP contribution is -2.45. The van der Waals surface area contributed by atoms with Crippen molar-refractivity contribution in [2.75, 3.05) is 17.1 Å². The maximum atomic E-state index is 12.5. The summed E-state index contributed by atoms with van der Waals surface area (Å²) in [5.41, 5.74) is 1.68. The fourth-order valence-corrected chi connectivity index (χ4v) is 5.09. The first-order valence-electron chi connectivity index (χ1n) is 9.11. The molecule has 0 saturated heterocycles. The molecule has 0 heterocycles. The largest absolute Gasteiger partial charge is 0.352 e. The first kappa shape index (κ1) is 18.2. The number of fused-ring (bicyclic) bond motifs is 2. The smallest absolute Gasteiger partial charge is 0.241 e. The second-order valence-electron chi connectivity index (χ2n) is 7.86. The van der Waals surface area contributed by atoms with Crippen LogP contribution in [0.5, 0.6) is 0 Å². The molecular formula is C19H28N2O3S. The molecule has 0 aliphatic heterocycles. The molecule has 0 spiro atoms. The maximum absolute atomic E-state index is 12.5.